The molecule has 0 radical (unpaired) electrons. The van der Waals surface area contributed by atoms with Gasteiger partial charge in [0.1, 0.15) is 16.2 Å². The Bertz CT molecular complexity index is 1290. The smallest absolute Gasteiger partial charge is 0.230 e. The minimum absolute atomic E-state index is 0.0407. The highest BCUT2D eigenvalue weighted by Crippen LogP contribution is 2.38. The number of thiophene rings is 1. The zero-order chi connectivity index (χ0) is 24.6. The van der Waals surface area contributed by atoms with Gasteiger partial charge in [-0.3, -0.25) is 4.79 Å². The first-order valence-corrected chi connectivity index (χ1v) is 13.6. The maximum atomic E-state index is 12.5. The van der Waals surface area contributed by atoms with E-state index in [1.807, 2.05) is 56.3 Å². The van der Waals surface area contributed by atoms with E-state index >= 15 is 0 Å². The predicted octanol–water partition coefficient (Wildman–Crippen LogP) is 6.26. The highest BCUT2D eigenvalue weighted by atomic mass is 35.5. The molecule has 0 unspecified atom stereocenters. The third kappa shape index (κ3) is 6.45. The van der Waals surface area contributed by atoms with Crippen molar-refractivity contribution in [2.75, 3.05) is 25.5 Å². The van der Waals surface area contributed by atoms with Gasteiger partial charge in [-0.2, -0.15) is 0 Å². The third-order valence-corrected chi connectivity index (χ3v) is 7.30. The summed E-state index contributed by atoms with van der Waals surface area (Å²) in [6, 6.07) is 13.6. The molecule has 35 heavy (non-hydrogen) atoms. The van der Waals surface area contributed by atoms with Crippen LogP contribution in [0, 0.1) is 0 Å². The molecular weight excluding hydrogens is 502 g/mol. The molecule has 9 heteroatoms. The maximum Gasteiger partial charge on any atom is 0.230 e. The summed E-state index contributed by atoms with van der Waals surface area (Å²) < 4.78 is 11.3. The summed E-state index contributed by atoms with van der Waals surface area (Å²) in [4.78, 5) is 22.3. The Labute approximate surface area is 218 Å². The topological polar surface area (TPSA) is 73.3 Å². The van der Waals surface area contributed by atoms with Crippen molar-refractivity contribution >= 4 is 50.8 Å². The Morgan fingerprint density at radius 3 is 2.60 bits per heavy atom. The molecule has 0 saturated carbocycles. The first-order valence-electron chi connectivity index (χ1n) is 11.3. The summed E-state index contributed by atoms with van der Waals surface area (Å²) in [6.45, 7) is 5.57. The van der Waals surface area contributed by atoms with Crippen molar-refractivity contribution in [3.63, 3.8) is 0 Å². The molecule has 0 saturated heterocycles. The van der Waals surface area contributed by atoms with Gasteiger partial charge in [0.25, 0.3) is 0 Å². The van der Waals surface area contributed by atoms with Crippen LogP contribution in [0.2, 0.25) is 5.02 Å². The number of amides is 1. The van der Waals surface area contributed by atoms with E-state index < -0.39 is 0 Å². The van der Waals surface area contributed by atoms with E-state index in [4.69, 9.17) is 21.1 Å². The Kier molecular flexibility index (Phi) is 8.84. The normalized spacial score (nSPS) is 10.9. The number of hydrogen-bond donors (Lipinski definition) is 1. The lowest BCUT2D eigenvalue weighted by molar-refractivity contribution is -0.118. The van der Waals surface area contributed by atoms with Crippen LogP contribution in [0.3, 0.4) is 0 Å². The van der Waals surface area contributed by atoms with E-state index in [9.17, 15) is 4.79 Å². The zero-order valence-corrected chi connectivity index (χ0v) is 21.9. The molecule has 2 heterocycles. The fourth-order valence-electron chi connectivity index (χ4n) is 3.58. The molecule has 0 aliphatic rings. The minimum Gasteiger partial charge on any atom is -0.490 e. The first-order chi connectivity index (χ1) is 17.1. The van der Waals surface area contributed by atoms with E-state index in [2.05, 4.69) is 20.7 Å². The second-order valence-electron chi connectivity index (χ2n) is 7.55. The molecular formula is C26H26ClN3O3S2. The number of fused-ring (bicyclic) bond motifs is 1. The SMILES string of the molecule is CCOc1ccc(CCNC(=O)CSc2ncnc3scc(-c4ccc(Cl)cc4)c23)cc1OCC. The van der Waals surface area contributed by atoms with E-state index in [0.29, 0.717) is 31.2 Å². The molecule has 0 aliphatic heterocycles. The van der Waals surface area contributed by atoms with Crippen molar-refractivity contribution in [1.29, 1.82) is 0 Å². The molecule has 0 fully saturated rings. The minimum atomic E-state index is -0.0407. The van der Waals surface area contributed by atoms with Gasteiger partial charge in [0.05, 0.1) is 24.4 Å². The van der Waals surface area contributed by atoms with Crippen LogP contribution in [0.15, 0.2) is 59.2 Å². The average molecular weight is 528 g/mol. The second kappa shape index (κ2) is 12.2. The number of thioether (sulfide) groups is 1. The quantitative estimate of drug-likeness (QED) is 0.183. The molecule has 0 aliphatic carbocycles. The number of carbonyl (C=O) groups excluding carboxylic acids is 1. The largest absolute Gasteiger partial charge is 0.490 e. The van der Waals surface area contributed by atoms with Gasteiger partial charge >= 0.3 is 0 Å². The predicted molar refractivity (Wildman–Crippen MR) is 144 cm³/mol. The number of halogens is 1. The number of aromatic nitrogens is 2. The summed E-state index contributed by atoms with van der Waals surface area (Å²) in [7, 11) is 0. The summed E-state index contributed by atoms with van der Waals surface area (Å²) in [5.74, 6) is 1.70. The van der Waals surface area contributed by atoms with Crippen LogP contribution in [0.1, 0.15) is 19.4 Å². The van der Waals surface area contributed by atoms with Gasteiger partial charge in [-0.1, -0.05) is 41.6 Å². The Balaban J connectivity index is 1.36. The van der Waals surface area contributed by atoms with Gasteiger partial charge in [0.2, 0.25) is 5.91 Å². The molecule has 182 valence electrons. The van der Waals surface area contributed by atoms with Gasteiger partial charge in [0.15, 0.2) is 11.5 Å². The van der Waals surface area contributed by atoms with Crippen molar-refractivity contribution in [3.8, 4) is 22.6 Å². The number of nitrogens with zero attached hydrogens (tertiary/aromatic N) is 2. The number of rotatable bonds is 11. The number of benzene rings is 2. The maximum absolute atomic E-state index is 12.5. The molecule has 1 amide bonds. The van der Waals surface area contributed by atoms with Crippen LogP contribution in [0.25, 0.3) is 21.3 Å². The summed E-state index contributed by atoms with van der Waals surface area (Å²) in [5.41, 5.74) is 3.17. The van der Waals surface area contributed by atoms with Gasteiger partial charge in [-0.25, -0.2) is 9.97 Å². The lowest BCUT2D eigenvalue weighted by atomic mass is 10.1. The molecule has 2 aromatic carbocycles. The van der Waals surface area contributed by atoms with Gasteiger partial charge < -0.3 is 14.8 Å². The molecule has 4 aromatic rings. The van der Waals surface area contributed by atoms with Crippen LogP contribution in [0.4, 0.5) is 0 Å². The van der Waals surface area contributed by atoms with Crippen molar-refractivity contribution < 1.29 is 14.3 Å². The van der Waals surface area contributed by atoms with Crippen LogP contribution >= 0.6 is 34.7 Å². The molecule has 0 bridgehead atoms. The van der Waals surface area contributed by atoms with Crippen LogP contribution in [0.5, 0.6) is 11.5 Å². The van der Waals surface area contributed by atoms with Crippen LogP contribution in [-0.4, -0.2) is 41.4 Å². The molecule has 0 spiro atoms. The molecule has 1 N–H and O–H groups in total. The number of ether oxygens (including phenoxy) is 2. The molecule has 4 rings (SSSR count). The van der Waals surface area contributed by atoms with E-state index in [1.54, 1.807) is 17.7 Å². The number of hydrogen-bond acceptors (Lipinski definition) is 7. The summed E-state index contributed by atoms with van der Waals surface area (Å²) in [6.07, 6.45) is 2.25. The summed E-state index contributed by atoms with van der Waals surface area (Å²) >= 11 is 9.03. The van der Waals surface area contributed by atoms with Crippen molar-refractivity contribution in [2.24, 2.45) is 0 Å². The standard InChI is InChI=1S/C26H26ClN3O3S2/c1-3-32-21-10-5-17(13-22(21)33-4-2)11-12-28-23(31)15-35-26-24-20(14-34-25(24)29-16-30-26)18-6-8-19(27)9-7-18/h5-10,13-14,16H,3-4,11-12,15H2,1-2H3,(H,28,31). The Morgan fingerprint density at radius 1 is 1.06 bits per heavy atom. The Hall–Kier alpha value is -2.81. The van der Waals surface area contributed by atoms with Crippen molar-refractivity contribution in [1.82, 2.24) is 15.3 Å². The number of carbonyl (C=O) groups is 1. The first kappa shape index (κ1) is 25.3. The van der Waals surface area contributed by atoms with Gasteiger partial charge in [-0.15, -0.1) is 11.3 Å². The highest BCUT2D eigenvalue weighted by molar-refractivity contribution is 8.00. The van der Waals surface area contributed by atoms with Gasteiger partial charge in [-0.05, 0) is 55.7 Å². The molecule has 0 atom stereocenters. The second-order valence-corrected chi connectivity index (χ2v) is 9.81. The average Bonchev–Trinajstić information content (AvgIpc) is 3.30. The number of nitrogens with one attached hydrogen (secondary N) is 1. The Morgan fingerprint density at radius 2 is 1.83 bits per heavy atom. The van der Waals surface area contributed by atoms with Crippen LogP contribution in [-0.2, 0) is 11.2 Å². The third-order valence-electron chi connectivity index (χ3n) is 5.17. The van der Waals surface area contributed by atoms with E-state index in [0.717, 1.165) is 43.4 Å². The van der Waals surface area contributed by atoms with E-state index in [1.165, 1.54) is 11.8 Å². The fourth-order valence-corrected chi connectivity index (χ4v) is 5.53. The van der Waals surface area contributed by atoms with Gasteiger partial charge in [0, 0.05) is 22.5 Å². The molecule has 6 nitrogen and oxygen atoms in total. The molecule has 2 aromatic heterocycles. The zero-order valence-electron chi connectivity index (χ0n) is 19.5. The van der Waals surface area contributed by atoms with Crippen LogP contribution < -0.4 is 14.8 Å². The van der Waals surface area contributed by atoms with Crippen molar-refractivity contribution in [3.05, 3.63) is 64.8 Å². The lowest BCUT2D eigenvalue weighted by Crippen LogP contribution is -2.27. The fraction of sp³-hybridized carbons (Fsp3) is 0.269. The lowest BCUT2D eigenvalue weighted by Gasteiger charge is -2.12. The van der Waals surface area contributed by atoms with E-state index in [-0.39, 0.29) is 11.7 Å². The summed E-state index contributed by atoms with van der Waals surface area (Å²) in [5, 5.41) is 7.52. The van der Waals surface area contributed by atoms with Crippen molar-refractivity contribution in [2.45, 2.75) is 25.3 Å². The highest BCUT2D eigenvalue weighted by Gasteiger charge is 2.15. The monoisotopic (exact) mass is 527 g/mol.